The Morgan fingerprint density at radius 2 is 1.79 bits per heavy atom. The van der Waals surface area contributed by atoms with Crippen LogP contribution in [-0.2, 0) is 13.1 Å². The van der Waals surface area contributed by atoms with Crippen LogP contribution >= 0.6 is 11.6 Å². The second kappa shape index (κ2) is 8.16. The highest BCUT2D eigenvalue weighted by Crippen LogP contribution is 2.57. The molecule has 2 aliphatic carbocycles. The number of aryl methyl sites for hydroxylation is 1. The van der Waals surface area contributed by atoms with Gasteiger partial charge in [0.1, 0.15) is 11.6 Å². The zero-order chi connectivity index (χ0) is 26.4. The van der Waals surface area contributed by atoms with Gasteiger partial charge in [-0.05, 0) is 55.7 Å². The van der Waals surface area contributed by atoms with Crippen LogP contribution in [0.5, 0.6) is 0 Å². The van der Waals surface area contributed by atoms with Crippen molar-refractivity contribution in [1.29, 1.82) is 0 Å². The monoisotopic (exact) mass is 544 g/mol. The van der Waals surface area contributed by atoms with Crippen LogP contribution in [0.2, 0.25) is 5.02 Å². The van der Waals surface area contributed by atoms with Gasteiger partial charge in [-0.1, -0.05) is 17.7 Å². The fraction of sp³-hybridized carbons (Fsp3) is 0.519. The minimum absolute atomic E-state index is 0.260. The van der Waals surface area contributed by atoms with Gasteiger partial charge in [0.15, 0.2) is 11.4 Å². The van der Waals surface area contributed by atoms with Crippen LogP contribution in [0.3, 0.4) is 0 Å². The molecule has 3 aromatic rings. The van der Waals surface area contributed by atoms with E-state index in [0.717, 1.165) is 54.5 Å². The number of rotatable bonds is 3. The lowest BCUT2D eigenvalue weighted by Crippen LogP contribution is -2.62. The number of hydrogen-bond donors (Lipinski definition) is 1. The maximum Gasteiger partial charge on any atom is 0.417 e. The van der Waals surface area contributed by atoms with E-state index in [1.165, 1.54) is 0 Å². The SMILES string of the molecule is Cc1cccc(N2CC3(CC(c4nnc5n4-c4ccc(Cl)cc4CN(C4CC(O)(C(F)(F)F)C4)C5)C3)C2)n1. The highest BCUT2D eigenvalue weighted by molar-refractivity contribution is 6.30. The van der Waals surface area contributed by atoms with Crippen molar-refractivity contribution >= 4 is 17.4 Å². The largest absolute Gasteiger partial charge is 0.417 e. The van der Waals surface area contributed by atoms with Gasteiger partial charge < -0.3 is 10.0 Å². The van der Waals surface area contributed by atoms with E-state index >= 15 is 0 Å². The van der Waals surface area contributed by atoms with Crippen LogP contribution in [0, 0.1) is 12.3 Å². The molecule has 4 heterocycles. The molecule has 200 valence electrons. The fourth-order valence-corrected chi connectivity index (χ4v) is 7.03. The first-order valence-electron chi connectivity index (χ1n) is 13.0. The van der Waals surface area contributed by atoms with E-state index in [2.05, 4.69) is 30.7 Å². The van der Waals surface area contributed by atoms with Gasteiger partial charge in [-0.15, -0.1) is 10.2 Å². The Bertz CT molecular complexity index is 1400. The van der Waals surface area contributed by atoms with Crippen molar-refractivity contribution in [2.75, 3.05) is 18.0 Å². The maximum absolute atomic E-state index is 13.3. The molecule has 2 aromatic heterocycles. The summed E-state index contributed by atoms with van der Waals surface area (Å²) < 4.78 is 42.0. The second-order valence-corrected chi connectivity index (χ2v) is 12.1. The Morgan fingerprint density at radius 1 is 1.03 bits per heavy atom. The summed E-state index contributed by atoms with van der Waals surface area (Å²) in [4.78, 5) is 8.94. The molecule has 4 aliphatic rings. The molecular weight excluding hydrogens is 517 g/mol. The smallest absolute Gasteiger partial charge is 0.380 e. The van der Waals surface area contributed by atoms with E-state index in [9.17, 15) is 18.3 Å². The van der Waals surface area contributed by atoms with Gasteiger partial charge in [-0.2, -0.15) is 13.2 Å². The van der Waals surface area contributed by atoms with Gasteiger partial charge in [0.05, 0.1) is 12.2 Å². The van der Waals surface area contributed by atoms with E-state index in [0.29, 0.717) is 23.9 Å². The number of nitrogens with zero attached hydrogens (tertiary/aromatic N) is 6. The standard InChI is InChI=1S/C27H28ClF3N6O/c1-16-3-2-4-22(32-16)36-14-25(15-36)8-18(9-25)24-34-33-23-13-35(20-10-26(38,11-20)27(29,30)31)12-17-7-19(28)5-6-21(17)37(23)24/h2-7,18,20,38H,8-15H2,1H3. The minimum Gasteiger partial charge on any atom is -0.380 e. The summed E-state index contributed by atoms with van der Waals surface area (Å²) in [5.74, 6) is 2.90. The summed E-state index contributed by atoms with van der Waals surface area (Å²) >= 11 is 6.33. The van der Waals surface area contributed by atoms with Crippen LogP contribution in [0.4, 0.5) is 19.0 Å². The number of fused-ring (bicyclic) bond motifs is 3. The Balaban J connectivity index is 1.12. The molecule has 1 N–H and O–H groups in total. The van der Waals surface area contributed by atoms with Crippen LogP contribution in [0.1, 0.15) is 54.5 Å². The number of aliphatic hydroxyl groups is 1. The molecule has 0 bridgehead atoms. The van der Waals surface area contributed by atoms with Crippen molar-refractivity contribution in [1.82, 2.24) is 24.6 Å². The number of pyridine rings is 1. The molecule has 2 aliphatic heterocycles. The lowest BCUT2D eigenvalue weighted by atomic mass is 9.57. The molecule has 7 nitrogen and oxygen atoms in total. The van der Waals surface area contributed by atoms with Gasteiger partial charge in [0.2, 0.25) is 0 Å². The molecule has 1 spiro atoms. The zero-order valence-electron chi connectivity index (χ0n) is 20.9. The van der Waals surface area contributed by atoms with Crippen molar-refractivity contribution in [2.24, 2.45) is 5.41 Å². The van der Waals surface area contributed by atoms with Crippen molar-refractivity contribution in [2.45, 2.75) is 69.4 Å². The zero-order valence-corrected chi connectivity index (χ0v) is 21.7. The highest BCUT2D eigenvalue weighted by atomic mass is 35.5. The molecule has 11 heteroatoms. The summed E-state index contributed by atoms with van der Waals surface area (Å²) in [6, 6.07) is 11.4. The number of benzene rings is 1. The molecule has 38 heavy (non-hydrogen) atoms. The number of alkyl halides is 3. The normalized spacial score (nSPS) is 26.7. The maximum atomic E-state index is 13.3. The summed E-state index contributed by atoms with van der Waals surface area (Å²) in [6.07, 6.45) is -3.28. The van der Waals surface area contributed by atoms with Crippen LogP contribution in [0.25, 0.3) is 5.69 Å². The second-order valence-electron chi connectivity index (χ2n) is 11.7. The molecular formula is C27H28ClF3N6O. The first-order valence-corrected chi connectivity index (χ1v) is 13.4. The molecule has 7 rings (SSSR count). The third-order valence-corrected chi connectivity index (χ3v) is 9.16. The third-order valence-electron chi connectivity index (χ3n) is 8.92. The molecule has 0 amide bonds. The number of hydrogen-bond acceptors (Lipinski definition) is 6. The highest BCUT2D eigenvalue weighted by Gasteiger charge is 2.62. The van der Waals surface area contributed by atoms with E-state index in [1.807, 2.05) is 42.2 Å². The van der Waals surface area contributed by atoms with Crippen molar-refractivity contribution in [3.05, 3.63) is 64.3 Å². The first-order chi connectivity index (χ1) is 18.0. The van der Waals surface area contributed by atoms with Gasteiger partial charge in [0, 0.05) is 60.6 Å². The van der Waals surface area contributed by atoms with E-state index in [1.54, 1.807) is 0 Å². The first kappa shape index (κ1) is 24.4. The van der Waals surface area contributed by atoms with Gasteiger partial charge in [0.25, 0.3) is 0 Å². The summed E-state index contributed by atoms with van der Waals surface area (Å²) in [6.45, 7) is 4.76. The molecule has 1 saturated heterocycles. The molecule has 1 aromatic carbocycles. The Morgan fingerprint density at radius 3 is 2.50 bits per heavy atom. The fourth-order valence-electron chi connectivity index (χ4n) is 6.84. The molecule has 2 saturated carbocycles. The molecule has 0 radical (unpaired) electrons. The summed E-state index contributed by atoms with van der Waals surface area (Å²) in [5.41, 5.74) is 0.506. The van der Waals surface area contributed by atoms with Crippen LogP contribution < -0.4 is 4.90 Å². The topological polar surface area (TPSA) is 70.3 Å². The number of halogens is 4. The lowest BCUT2D eigenvalue weighted by Gasteiger charge is -2.59. The van der Waals surface area contributed by atoms with Gasteiger partial charge >= 0.3 is 6.18 Å². The van der Waals surface area contributed by atoms with Gasteiger partial charge in [-0.3, -0.25) is 9.47 Å². The molecule has 0 atom stereocenters. The summed E-state index contributed by atoms with van der Waals surface area (Å²) in [7, 11) is 0. The van der Waals surface area contributed by atoms with E-state index < -0.39 is 17.8 Å². The predicted molar refractivity (Wildman–Crippen MR) is 135 cm³/mol. The Hall–Kier alpha value is -2.69. The Kier molecular flexibility index (Phi) is 5.23. The summed E-state index contributed by atoms with van der Waals surface area (Å²) in [5, 5.41) is 19.7. The predicted octanol–water partition coefficient (Wildman–Crippen LogP) is 4.78. The third kappa shape index (κ3) is 3.75. The van der Waals surface area contributed by atoms with Crippen LogP contribution in [0.15, 0.2) is 36.4 Å². The van der Waals surface area contributed by atoms with Gasteiger partial charge in [-0.25, -0.2) is 4.98 Å². The molecule has 0 unspecified atom stereocenters. The van der Waals surface area contributed by atoms with Crippen molar-refractivity contribution in [3.8, 4) is 5.69 Å². The number of anilines is 1. The number of aromatic nitrogens is 4. The van der Waals surface area contributed by atoms with Crippen molar-refractivity contribution < 1.29 is 18.3 Å². The average molecular weight is 545 g/mol. The average Bonchev–Trinajstić information content (AvgIpc) is 3.09. The Labute approximate surface area is 223 Å². The van der Waals surface area contributed by atoms with Crippen molar-refractivity contribution in [3.63, 3.8) is 0 Å². The van der Waals surface area contributed by atoms with Crippen LogP contribution in [-0.4, -0.2) is 60.7 Å². The van der Waals surface area contributed by atoms with E-state index in [-0.39, 0.29) is 24.2 Å². The molecule has 3 fully saturated rings. The lowest BCUT2D eigenvalue weighted by molar-refractivity contribution is -0.300. The quantitative estimate of drug-likeness (QED) is 0.512. The van der Waals surface area contributed by atoms with E-state index in [4.69, 9.17) is 11.6 Å². The minimum atomic E-state index is -4.63.